The first-order valence-corrected chi connectivity index (χ1v) is 14.6. The van der Waals surface area contributed by atoms with Crippen molar-refractivity contribution < 1.29 is 23.7 Å². The third-order valence-electron chi connectivity index (χ3n) is 6.50. The Morgan fingerprint density at radius 3 is 2.73 bits per heavy atom. The smallest absolute Gasteiger partial charge is 0.320 e. The Bertz CT molecular complexity index is 1480. The number of ether oxygens (including phenoxy) is 4. The first kappa shape index (κ1) is 33.8. The summed E-state index contributed by atoms with van der Waals surface area (Å²) in [5, 5.41) is 0. The summed E-state index contributed by atoms with van der Waals surface area (Å²) in [5.74, 6) is 0.394. The maximum absolute atomic E-state index is 11.6. The standard InChI is InChI=1S/C32H43N7O5/c1-6-8-19-44-31-36-29(33)28-30(37-31)39(32(35-28)42-5)18-10-9-16-26(34-7-2)43-20-12-11-17-38(3)23-25-15-13-14-24(21-25)22-27(40)41-4/h7,10,13-16,21H,2,6,8,11-12,17-20,22-23H2,1,3-5H3,(H2,33,36,37). The Morgan fingerprint density at radius 1 is 1.16 bits per heavy atom. The number of nitrogens with zero attached hydrogens (tertiary/aromatic N) is 6. The van der Waals surface area contributed by atoms with Crippen molar-refractivity contribution in [3.8, 4) is 12.0 Å². The van der Waals surface area contributed by atoms with E-state index in [4.69, 9.17) is 24.7 Å². The molecule has 0 aliphatic heterocycles. The number of imidazole rings is 1. The molecule has 0 radical (unpaired) electrons. The molecule has 3 rings (SSSR count). The molecule has 2 aromatic heterocycles. The normalized spacial score (nSPS) is 11.2. The third-order valence-corrected chi connectivity index (χ3v) is 6.50. The fourth-order valence-corrected chi connectivity index (χ4v) is 4.28. The summed E-state index contributed by atoms with van der Waals surface area (Å²) >= 11 is 0. The number of nitrogen functional groups attached to an aromatic ring is 1. The van der Waals surface area contributed by atoms with Crippen molar-refractivity contribution in [3.63, 3.8) is 0 Å². The van der Waals surface area contributed by atoms with Crippen LogP contribution < -0.4 is 15.2 Å². The lowest BCUT2D eigenvalue weighted by molar-refractivity contribution is -0.139. The van der Waals surface area contributed by atoms with E-state index < -0.39 is 0 Å². The lowest BCUT2D eigenvalue weighted by atomic mass is 10.1. The van der Waals surface area contributed by atoms with Gasteiger partial charge in [-0.2, -0.15) is 15.0 Å². The molecular formula is C32H43N7O5. The average molecular weight is 606 g/mol. The Hall–Kier alpha value is -4.67. The highest BCUT2D eigenvalue weighted by atomic mass is 16.5. The molecular weight excluding hydrogens is 562 g/mol. The van der Waals surface area contributed by atoms with Gasteiger partial charge in [-0.05, 0) is 50.1 Å². The number of hydrogen-bond donors (Lipinski definition) is 1. The van der Waals surface area contributed by atoms with Crippen LogP contribution >= 0.6 is 0 Å². The van der Waals surface area contributed by atoms with Crippen molar-refractivity contribution in [2.75, 3.05) is 46.8 Å². The number of aliphatic imine (C=N–C) groups is 1. The zero-order valence-electron chi connectivity index (χ0n) is 26.1. The molecule has 1 aromatic carbocycles. The van der Waals surface area contributed by atoms with Crippen molar-refractivity contribution >= 4 is 28.8 Å². The Kier molecular flexibility index (Phi) is 13.9. The van der Waals surface area contributed by atoms with E-state index in [9.17, 15) is 4.79 Å². The molecule has 0 spiro atoms. The fraction of sp³-hybridized carbons (Fsp3) is 0.438. The second kappa shape index (κ2) is 18.1. The number of anilines is 1. The van der Waals surface area contributed by atoms with Crippen LogP contribution in [0.3, 0.4) is 0 Å². The first-order chi connectivity index (χ1) is 21.4. The van der Waals surface area contributed by atoms with Crippen LogP contribution in [-0.2, 0) is 33.8 Å². The van der Waals surface area contributed by atoms with Gasteiger partial charge >= 0.3 is 12.0 Å². The number of esters is 1. The van der Waals surface area contributed by atoms with Crippen LogP contribution in [0.25, 0.3) is 11.2 Å². The van der Waals surface area contributed by atoms with E-state index in [1.807, 2.05) is 18.2 Å². The molecule has 0 atom stereocenters. The minimum Gasteiger partial charge on any atom is -0.477 e. The zero-order valence-corrected chi connectivity index (χ0v) is 26.1. The molecule has 0 aliphatic carbocycles. The molecule has 3 aromatic rings. The topological polar surface area (TPSA) is 139 Å². The Morgan fingerprint density at radius 2 is 1.98 bits per heavy atom. The summed E-state index contributed by atoms with van der Waals surface area (Å²) in [6.45, 7) is 8.82. The van der Waals surface area contributed by atoms with Crippen molar-refractivity contribution in [2.45, 2.75) is 52.1 Å². The van der Waals surface area contributed by atoms with Gasteiger partial charge in [-0.15, -0.1) is 5.73 Å². The summed E-state index contributed by atoms with van der Waals surface area (Å²) in [7, 11) is 5.01. The minimum absolute atomic E-state index is 0.205. The molecule has 2 N–H and O–H groups in total. The van der Waals surface area contributed by atoms with Crippen LogP contribution in [0.2, 0.25) is 0 Å². The molecule has 0 aliphatic rings. The van der Waals surface area contributed by atoms with Crippen molar-refractivity contribution in [3.05, 3.63) is 66.1 Å². The number of benzene rings is 1. The van der Waals surface area contributed by atoms with E-state index in [0.29, 0.717) is 42.8 Å². The number of carbonyl (C=O) groups is 1. The first-order valence-electron chi connectivity index (χ1n) is 14.6. The second-order valence-electron chi connectivity index (χ2n) is 10.0. The van der Waals surface area contributed by atoms with E-state index in [1.165, 1.54) is 20.4 Å². The summed E-state index contributed by atoms with van der Waals surface area (Å²) in [4.78, 5) is 31.1. The molecule has 0 fully saturated rings. The zero-order chi connectivity index (χ0) is 31.7. The Labute approximate surface area is 258 Å². The number of unbranched alkanes of at least 4 members (excludes halogenated alkanes) is 2. The van der Waals surface area contributed by atoms with E-state index in [-0.39, 0.29) is 24.2 Å². The predicted molar refractivity (Wildman–Crippen MR) is 171 cm³/mol. The molecule has 0 unspecified atom stereocenters. The SMILES string of the molecule is C=CN=C(C=C=CCn1c(OC)nc2c(N)nc(OCCCC)nc21)OCCCCN(C)Cc1cccc(CC(=O)OC)c1. The molecule has 0 saturated carbocycles. The average Bonchev–Trinajstić information content (AvgIpc) is 3.37. The van der Waals surface area contributed by atoms with Gasteiger partial charge in [-0.1, -0.05) is 44.2 Å². The maximum Gasteiger partial charge on any atom is 0.320 e. The molecule has 0 amide bonds. The number of aromatic nitrogens is 4. The van der Waals surface area contributed by atoms with E-state index >= 15 is 0 Å². The van der Waals surface area contributed by atoms with Gasteiger partial charge in [0.15, 0.2) is 17.0 Å². The minimum atomic E-state index is -0.241. The highest BCUT2D eigenvalue weighted by Gasteiger charge is 2.17. The summed E-state index contributed by atoms with van der Waals surface area (Å²) < 4.78 is 23.5. The van der Waals surface area contributed by atoms with Gasteiger partial charge in [0.1, 0.15) is 0 Å². The van der Waals surface area contributed by atoms with Crippen LogP contribution in [0, 0.1) is 0 Å². The van der Waals surface area contributed by atoms with E-state index in [0.717, 1.165) is 49.9 Å². The molecule has 44 heavy (non-hydrogen) atoms. The van der Waals surface area contributed by atoms with Crippen LogP contribution in [0.1, 0.15) is 43.7 Å². The van der Waals surface area contributed by atoms with Gasteiger partial charge in [-0.25, -0.2) is 4.99 Å². The van der Waals surface area contributed by atoms with Gasteiger partial charge in [0, 0.05) is 18.8 Å². The van der Waals surface area contributed by atoms with Gasteiger partial charge in [-0.3, -0.25) is 9.36 Å². The fourth-order valence-electron chi connectivity index (χ4n) is 4.28. The number of carbonyl (C=O) groups excluding carboxylic acids is 1. The van der Waals surface area contributed by atoms with Crippen LogP contribution in [0.15, 0.2) is 59.9 Å². The third kappa shape index (κ3) is 10.6. The number of nitrogens with two attached hydrogens (primary N) is 1. The van der Waals surface area contributed by atoms with Crippen LogP contribution in [0.5, 0.6) is 12.0 Å². The Balaban J connectivity index is 1.51. The second-order valence-corrected chi connectivity index (χ2v) is 10.0. The number of fused-ring (bicyclic) bond motifs is 1. The number of hydrogen-bond acceptors (Lipinski definition) is 11. The number of methoxy groups -OCH3 is 2. The molecule has 0 saturated heterocycles. The number of rotatable bonds is 18. The predicted octanol–water partition coefficient (Wildman–Crippen LogP) is 4.49. The van der Waals surface area contributed by atoms with Crippen molar-refractivity contribution in [2.24, 2.45) is 4.99 Å². The highest BCUT2D eigenvalue weighted by molar-refractivity contribution is 5.88. The van der Waals surface area contributed by atoms with Crippen molar-refractivity contribution in [1.29, 1.82) is 0 Å². The van der Waals surface area contributed by atoms with E-state index in [1.54, 1.807) is 16.7 Å². The molecule has 236 valence electrons. The van der Waals surface area contributed by atoms with Crippen molar-refractivity contribution in [1.82, 2.24) is 24.4 Å². The summed E-state index contributed by atoms with van der Waals surface area (Å²) in [6.07, 6.45) is 8.83. The summed E-state index contributed by atoms with van der Waals surface area (Å²) in [5.41, 5.74) is 12.3. The van der Waals surface area contributed by atoms with Gasteiger partial charge < -0.3 is 29.6 Å². The van der Waals surface area contributed by atoms with Crippen LogP contribution in [0.4, 0.5) is 5.82 Å². The molecule has 12 heteroatoms. The van der Waals surface area contributed by atoms with Gasteiger partial charge in [0.05, 0.1) is 40.4 Å². The van der Waals surface area contributed by atoms with Crippen LogP contribution in [-0.4, -0.2) is 77.3 Å². The van der Waals surface area contributed by atoms with Gasteiger partial charge in [0.2, 0.25) is 5.90 Å². The molecule has 12 nitrogen and oxygen atoms in total. The quantitative estimate of drug-likeness (QED) is 0.0725. The maximum atomic E-state index is 11.6. The lowest BCUT2D eigenvalue weighted by Crippen LogP contribution is -2.19. The summed E-state index contributed by atoms with van der Waals surface area (Å²) in [6, 6.07) is 8.56. The van der Waals surface area contributed by atoms with E-state index in [2.05, 4.69) is 57.2 Å². The lowest BCUT2D eigenvalue weighted by Gasteiger charge is -2.17. The highest BCUT2D eigenvalue weighted by Crippen LogP contribution is 2.25. The van der Waals surface area contributed by atoms with Gasteiger partial charge in [0.25, 0.3) is 6.01 Å². The largest absolute Gasteiger partial charge is 0.477 e. The monoisotopic (exact) mass is 605 g/mol. The molecule has 2 heterocycles. The molecule has 0 bridgehead atoms.